The average molecular weight is 333 g/mol. The van der Waals surface area contributed by atoms with Crippen LogP contribution in [0.15, 0.2) is 12.1 Å². The summed E-state index contributed by atoms with van der Waals surface area (Å²) in [6, 6.07) is 3.39. The molecule has 21 heavy (non-hydrogen) atoms. The maximum absolute atomic E-state index is 12.3. The van der Waals surface area contributed by atoms with Crippen LogP contribution >= 0.6 is 22.9 Å². The number of carbonyl (C=O) groups is 2. The summed E-state index contributed by atoms with van der Waals surface area (Å²) in [5.41, 5.74) is 0. The van der Waals surface area contributed by atoms with Crippen molar-refractivity contribution in [3.63, 3.8) is 0 Å². The number of hydrogen-bond donors (Lipinski definition) is 2. The van der Waals surface area contributed by atoms with Crippen molar-refractivity contribution in [1.82, 2.24) is 10.2 Å². The van der Waals surface area contributed by atoms with Gasteiger partial charge in [-0.15, -0.1) is 11.3 Å². The lowest BCUT2D eigenvalue weighted by molar-refractivity contribution is -0.137. The van der Waals surface area contributed by atoms with Crippen LogP contribution in [0.2, 0.25) is 4.34 Å². The van der Waals surface area contributed by atoms with Crippen LogP contribution in [0.1, 0.15) is 44.5 Å². The molecule has 1 aromatic rings. The Labute approximate surface area is 133 Å². The molecule has 0 aromatic carbocycles. The van der Waals surface area contributed by atoms with Crippen LogP contribution in [-0.4, -0.2) is 34.6 Å². The Morgan fingerprint density at radius 1 is 1.38 bits per heavy atom. The molecule has 0 aliphatic rings. The molecule has 1 unspecified atom stereocenters. The Kier molecular flexibility index (Phi) is 6.98. The largest absolute Gasteiger partial charge is 0.481 e. The molecule has 1 heterocycles. The lowest BCUT2D eigenvalue weighted by Crippen LogP contribution is -2.45. The summed E-state index contributed by atoms with van der Waals surface area (Å²) in [6.07, 6.45) is 0.507. The van der Waals surface area contributed by atoms with E-state index in [2.05, 4.69) is 5.32 Å². The summed E-state index contributed by atoms with van der Waals surface area (Å²) >= 11 is 7.33. The summed E-state index contributed by atoms with van der Waals surface area (Å²) in [7, 11) is 0. The van der Waals surface area contributed by atoms with Gasteiger partial charge in [-0.3, -0.25) is 4.79 Å². The van der Waals surface area contributed by atoms with Crippen LogP contribution in [0.3, 0.4) is 0 Å². The number of nitrogens with one attached hydrogen (secondary N) is 1. The minimum Gasteiger partial charge on any atom is -0.481 e. The minimum absolute atomic E-state index is 0.0120. The van der Waals surface area contributed by atoms with Crippen molar-refractivity contribution in [3.8, 4) is 0 Å². The third kappa shape index (κ3) is 5.93. The number of thiophene rings is 1. The molecular weight excluding hydrogens is 312 g/mol. The highest BCUT2D eigenvalue weighted by Gasteiger charge is 2.20. The Morgan fingerprint density at radius 2 is 2.05 bits per heavy atom. The molecule has 1 atom stereocenters. The number of carbonyl (C=O) groups excluding carboxylic acids is 1. The summed E-state index contributed by atoms with van der Waals surface area (Å²) in [5.74, 6) is -0.847. The van der Waals surface area contributed by atoms with Gasteiger partial charge in [0.25, 0.3) is 0 Å². The summed E-state index contributed by atoms with van der Waals surface area (Å²) < 4.78 is 0.688. The van der Waals surface area contributed by atoms with Gasteiger partial charge < -0.3 is 15.3 Å². The standard InChI is InChI=1S/C14H21ClN2O3S/c1-9(2)17(8-4-5-13(18)19)14(20)16-10(3)11-6-7-12(15)21-11/h6-7,9-10H,4-5,8H2,1-3H3,(H,16,20)(H,18,19). The normalized spacial score (nSPS) is 12.2. The van der Waals surface area contributed by atoms with Gasteiger partial charge in [-0.1, -0.05) is 11.6 Å². The van der Waals surface area contributed by atoms with Crippen molar-refractivity contribution in [2.75, 3.05) is 6.54 Å². The van der Waals surface area contributed by atoms with Crippen LogP contribution < -0.4 is 5.32 Å². The van der Waals surface area contributed by atoms with Gasteiger partial charge >= 0.3 is 12.0 Å². The minimum atomic E-state index is -0.847. The number of carboxylic acid groups (broad SMARTS) is 1. The summed E-state index contributed by atoms with van der Waals surface area (Å²) in [4.78, 5) is 25.5. The second kappa shape index (κ2) is 8.24. The van der Waals surface area contributed by atoms with E-state index in [4.69, 9.17) is 16.7 Å². The highest BCUT2D eigenvalue weighted by Crippen LogP contribution is 2.26. The van der Waals surface area contributed by atoms with Crippen molar-refractivity contribution in [3.05, 3.63) is 21.3 Å². The summed E-state index contributed by atoms with van der Waals surface area (Å²) in [6.45, 7) is 6.14. The highest BCUT2D eigenvalue weighted by atomic mass is 35.5. The molecule has 0 saturated carbocycles. The second-order valence-corrected chi connectivity index (χ2v) is 6.84. The molecule has 0 aliphatic carbocycles. The van der Waals surface area contributed by atoms with Gasteiger partial charge in [-0.2, -0.15) is 0 Å². The Balaban J connectivity index is 2.58. The molecule has 2 amide bonds. The van der Waals surface area contributed by atoms with E-state index in [1.807, 2.05) is 26.8 Å². The quantitative estimate of drug-likeness (QED) is 0.799. The van der Waals surface area contributed by atoms with Crippen LogP contribution in [0.4, 0.5) is 4.79 Å². The number of urea groups is 1. The molecule has 5 nitrogen and oxygen atoms in total. The van der Waals surface area contributed by atoms with Gasteiger partial charge in [0.15, 0.2) is 0 Å². The Morgan fingerprint density at radius 3 is 2.52 bits per heavy atom. The first-order valence-electron chi connectivity index (χ1n) is 6.85. The van der Waals surface area contributed by atoms with Gasteiger partial charge in [0, 0.05) is 23.9 Å². The van der Waals surface area contributed by atoms with E-state index < -0.39 is 5.97 Å². The lowest BCUT2D eigenvalue weighted by Gasteiger charge is -2.28. The monoisotopic (exact) mass is 332 g/mol. The van der Waals surface area contributed by atoms with Crippen molar-refractivity contribution >= 4 is 34.9 Å². The molecular formula is C14H21ClN2O3S. The fourth-order valence-electron chi connectivity index (χ4n) is 1.90. The SMILES string of the molecule is CC(NC(=O)N(CCCC(=O)O)C(C)C)c1ccc(Cl)s1. The zero-order valence-corrected chi connectivity index (χ0v) is 14.0. The van der Waals surface area contributed by atoms with Crippen LogP contribution in [0.25, 0.3) is 0 Å². The first-order valence-corrected chi connectivity index (χ1v) is 8.05. The number of rotatable bonds is 7. The predicted molar refractivity (Wildman–Crippen MR) is 85.0 cm³/mol. The van der Waals surface area contributed by atoms with Gasteiger partial charge in [0.2, 0.25) is 0 Å². The molecule has 1 aromatic heterocycles. The third-order valence-corrected chi connectivity index (χ3v) is 4.45. The molecule has 0 bridgehead atoms. The van der Waals surface area contributed by atoms with E-state index in [0.717, 1.165) is 4.88 Å². The maximum Gasteiger partial charge on any atom is 0.318 e. The molecule has 0 aliphatic heterocycles. The van der Waals surface area contributed by atoms with Gasteiger partial charge in [-0.25, -0.2) is 4.79 Å². The average Bonchev–Trinajstić information content (AvgIpc) is 2.80. The van der Waals surface area contributed by atoms with Gasteiger partial charge in [0.1, 0.15) is 0 Å². The zero-order chi connectivity index (χ0) is 16.0. The molecule has 0 radical (unpaired) electrons. The Hall–Kier alpha value is -1.27. The fourth-order valence-corrected chi connectivity index (χ4v) is 2.96. The lowest BCUT2D eigenvalue weighted by atomic mass is 10.2. The highest BCUT2D eigenvalue weighted by molar-refractivity contribution is 7.16. The van der Waals surface area contributed by atoms with Crippen molar-refractivity contribution in [2.24, 2.45) is 0 Å². The van der Waals surface area contributed by atoms with E-state index >= 15 is 0 Å². The maximum atomic E-state index is 12.3. The molecule has 2 N–H and O–H groups in total. The zero-order valence-electron chi connectivity index (χ0n) is 12.4. The first kappa shape index (κ1) is 17.8. The molecule has 1 rings (SSSR count). The number of nitrogens with zero attached hydrogens (tertiary/aromatic N) is 1. The van der Waals surface area contributed by atoms with Crippen LogP contribution in [-0.2, 0) is 4.79 Å². The van der Waals surface area contributed by atoms with Gasteiger partial charge in [0.05, 0.1) is 10.4 Å². The van der Waals surface area contributed by atoms with E-state index in [-0.39, 0.29) is 24.5 Å². The van der Waals surface area contributed by atoms with E-state index in [0.29, 0.717) is 17.3 Å². The molecule has 7 heteroatoms. The fraction of sp³-hybridized carbons (Fsp3) is 0.571. The number of aliphatic carboxylic acids is 1. The molecule has 0 fully saturated rings. The molecule has 0 spiro atoms. The van der Waals surface area contributed by atoms with Crippen LogP contribution in [0.5, 0.6) is 0 Å². The van der Waals surface area contributed by atoms with Crippen LogP contribution in [0, 0.1) is 0 Å². The summed E-state index contributed by atoms with van der Waals surface area (Å²) in [5, 5.41) is 11.6. The van der Waals surface area contributed by atoms with Crippen molar-refractivity contribution in [1.29, 1.82) is 0 Å². The van der Waals surface area contributed by atoms with E-state index in [9.17, 15) is 9.59 Å². The smallest absolute Gasteiger partial charge is 0.318 e. The number of carboxylic acids is 1. The molecule has 0 saturated heterocycles. The topological polar surface area (TPSA) is 69.6 Å². The van der Waals surface area contributed by atoms with Crippen molar-refractivity contribution in [2.45, 2.75) is 45.7 Å². The Bertz CT molecular complexity index is 490. The van der Waals surface area contributed by atoms with E-state index in [1.54, 1.807) is 11.0 Å². The number of amides is 2. The predicted octanol–water partition coefficient (Wildman–Crippen LogP) is 3.75. The number of hydrogen-bond acceptors (Lipinski definition) is 3. The number of halogens is 1. The van der Waals surface area contributed by atoms with Gasteiger partial charge in [-0.05, 0) is 39.3 Å². The first-order chi connectivity index (χ1) is 9.81. The van der Waals surface area contributed by atoms with E-state index in [1.165, 1.54) is 11.3 Å². The third-order valence-electron chi connectivity index (χ3n) is 3.03. The molecule has 118 valence electrons. The second-order valence-electron chi connectivity index (χ2n) is 5.10. The van der Waals surface area contributed by atoms with Crippen molar-refractivity contribution < 1.29 is 14.7 Å².